The van der Waals surface area contributed by atoms with Crippen molar-refractivity contribution in [1.29, 1.82) is 0 Å². The summed E-state index contributed by atoms with van der Waals surface area (Å²) in [5.41, 5.74) is 2.72. The summed E-state index contributed by atoms with van der Waals surface area (Å²) in [5, 5.41) is 4.07. The van der Waals surface area contributed by atoms with Crippen molar-refractivity contribution in [2.24, 2.45) is 4.99 Å². The Bertz CT molecular complexity index is 1080. The van der Waals surface area contributed by atoms with Gasteiger partial charge in [0.1, 0.15) is 12.4 Å². The second kappa shape index (κ2) is 8.99. The molecule has 1 amide bonds. The number of hydrogen-bond acceptors (Lipinski definition) is 4. The van der Waals surface area contributed by atoms with Crippen LogP contribution in [0.25, 0.3) is 6.08 Å². The van der Waals surface area contributed by atoms with Crippen LogP contribution >= 0.6 is 23.4 Å². The standard InChI is InChI=1S/C23H17ClN2O2S/c24-18-11-9-16(10-12-18)15-28-20-8-4-5-17(13-20)14-21-22(27)26-23(29-21)25-19-6-2-1-3-7-19/h1-14H,15H2,(H,25,26,27)/b21-14+. The first-order valence-electron chi connectivity index (χ1n) is 8.98. The van der Waals surface area contributed by atoms with Crippen LogP contribution in [0.1, 0.15) is 11.1 Å². The van der Waals surface area contributed by atoms with E-state index in [2.05, 4.69) is 10.3 Å². The maximum Gasteiger partial charge on any atom is 0.264 e. The zero-order chi connectivity index (χ0) is 20.1. The maximum absolute atomic E-state index is 12.3. The van der Waals surface area contributed by atoms with Gasteiger partial charge in [0.2, 0.25) is 0 Å². The highest BCUT2D eigenvalue weighted by Gasteiger charge is 2.23. The third kappa shape index (κ3) is 5.28. The van der Waals surface area contributed by atoms with E-state index in [1.54, 1.807) is 0 Å². The van der Waals surface area contributed by atoms with Crippen molar-refractivity contribution in [2.45, 2.75) is 6.61 Å². The molecule has 0 radical (unpaired) electrons. The lowest BCUT2D eigenvalue weighted by Gasteiger charge is -2.07. The van der Waals surface area contributed by atoms with Gasteiger partial charge in [-0.05, 0) is 65.4 Å². The minimum Gasteiger partial charge on any atom is -0.489 e. The van der Waals surface area contributed by atoms with E-state index in [-0.39, 0.29) is 5.91 Å². The number of carbonyl (C=O) groups excluding carboxylic acids is 1. The van der Waals surface area contributed by atoms with E-state index in [4.69, 9.17) is 16.3 Å². The molecule has 1 fully saturated rings. The van der Waals surface area contributed by atoms with E-state index >= 15 is 0 Å². The van der Waals surface area contributed by atoms with Crippen LogP contribution in [0.2, 0.25) is 5.02 Å². The third-order valence-corrected chi connectivity index (χ3v) is 5.27. The number of rotatable bonds is 5. The molecule has 3 aromatic carbocycles. The number of nitrogens with zero attached hydrogens (tertiary/aromatic N) is 1. The molecule has 0 unspecified atom stereocenters. The first-order valence-corrected chi connectivity index (χ1v) is 10.2. The lowest BCUT2D eigenvalue weighted by molar-refractivity contribution is -0.115. The van der Waals surface area contributed by atoms with Crippen molar-refractivity contribution in [2.75, 3.05) is 0 Å². The Balaban J connectivity index is 1.45. The summed E-state index contributed by atoms with van der Waals surface area (Å²) in [6.07, 6.45) is 1.84. The molecule has 0 spiro atoms. The number of nitrogens with one attached hydrogen (secondary N) is 1. The molecular formula is C23H17ClN2O2S. The molecule has 4 rings (SSSR count). The summed E-state index contributed by atoms with van der Waals surface area (Å²) in [4.78, 5) is 17.3. The summed E-state index contributed by atoms with van der Waals surface area (Å²) in [6, 6.07) is 24.7. The molecule has 0 aromatic heterocycles. The number of ether oxygens (including phenoxy) is 1. The SMILES string of the molecule is O=C1NC(=Nc2ccccc2)S/C1=C/c1cccc(OCc2ccc(Cl)cc2)c1. The molecule has 0 atom stereocenters. The molecule has 144 valence electrons. The number of halogens is 1. The second-order valence-electron chi connectivity index (χ2n) is 6.30. The Morgan fingerprint density at radius 2 is 1.79 bits per heavy atom. The van der Waals surface area contributed by atoms with Gasteiger partial charge in [-0.1, -0.05) is 54.1 Å². The van der Waals surface area contributed by atoms with Crippen LogP contribution in [0.4, 0.5) is 5.69 Å². The monoisotopic (exact) mass is 420 g/mol. The third-order valence-electron chi connectivity index (χ3n) is 4.11. The van der Waals surface area contributed by atoms with Crippen molar-refractivity contribution >= 4 is 46.2 Å². The normalized spacial score (nSPS) is 16.2. The smallest absolute Gasteiger partial charge is 0.264 e. The number of amides is 1. The fourth-order valence-corrected chi connectivity index (χ4v) is 3.66. The quantitative estimate of drug-likeness (QED) is 0.530. The molecule has 1 saturated heterocycles. The van der Waals surface area contributed by atoms with Gasteiger partial charge in [0, 0.05) is 5.02 Å². The Kier molecular flexibility index (Phi) is 5.98. The highest BCUT2D eigenvalue weighted by Crippen LogP contribution is 2.28. The predicted octanol–water partition coefficient (Wildman–Crippen LogP) is 5.81. The minimum absolute atomic E-state index is 0.155. The van der Waals surface area contributed by atoms with Crippen LogP contribution in [0.5, 0.6) is 5.75 Å². The van der Waals surface area contributed by atoms with Gasteiger partial charge in [-0.25, -0.2) is 4.99 Å². The van der Waals surface area contributed by atoms with Gasteiger partial charge >= 0.3 is 0 Å². The molecular weight excluding hydrogens is 404 g/mol. The summed E-state index contributed by atoms with van der Waals surface area (Å²) < 4.78 is 5.86. The number of carbonyl (C=O) groups is 1. The van der Waals surface area contributed by atoms with Gasteiger partial charge in [0.25, 0.3) is 5.91 Å². The van der Waals surface area contributed by atoms with Crippen LogP contribution in [-0.4, -0.2) is 11.1 Å². The molecule has 6 heteroatoms. The lowest BCUT2D eigenvalue weighted by Crippen LogP contribution is -2.19. The van der Waals surface area contributed by atoms with E-state index in [0.29, 0.717) is 21.7 Å². The van der Waals surface area contributed by atoms with E-state index in [1.165, 1.54) is 11.8 Å². The van der Waals surface area contributed by atoms with Gasteiger partial charge in [-0.3, -0.25) is 4.79 Å². The Labute approximate surface area is 178 Å². The van der Waals surface area contributed by atoms with Crippen molar-refractivity contribution in [3.8, 4) is 5.75 Å². The number of aliphatic imine (C=N–C) groups is 1. The average Bonchev–Trinajstić information content (AvgIpc) is 3.07. The number of para-hydroxylation sites is 1. The fourth-order valence-electron chi connectivity index (χ4n) is 2.69. The predicted molar refractivity (Wildman–Crippen MR) is 119 cm³/mol. The van der Waals surface area contributed by atoms with Gasteiger partial charge in [-0.2, -0.15) is 0 Å². The summed E-state index contributed by atoms with van der Waals surface area (Å²) in [6.45, 7) is 0.445. The molecule has 29 heavy (non-hydrogen) atoms. The number of benzene rings is 3. The van der Waals surface area contributed by atoms with Crippen LogP contribution in [-0.2, 0) is 11.4 Å². The van der Waals surface area contributed by atoms with Crippen LogP contribution < -0.4 is 10.1 Å². The number of thioether (sulfide) groups is 1. The van der Waals surface area contributed by atoms with E-state index < -0.39 is 0 Å². The van der Waals surface area contributed by atoms with Crippen molar-refractivity contribution < 1.29 is 9.53 Å². The summed E-state index contributed by atoms with van der Waals surface area (Å²) in [7, 11) is 0. The molecule has 3 aromatic rings. The molecule has 0 bridgehead atoms. The molecule has 1 heterocycles. The average molecular weight is 421 g/mol. The Morgan fingerprint density at radius 3 is 2.59 bits per heavy atom. The Hall–Kier alpha value is -3.02. The maximum atomic E-state index is 12.3. The van der Waals surface area contributed by atoms with E-state index in [0.717, 1.165) is 22.6 Å². The molecule has 1 aliphatic heterocycles. The zero-order valence-corrected chi connectivity index (χ0v) is 16.9. The molecule has 1 N–H and O–H groups in total. The topological polar surface area (TPSA) is 50.7 Å². The van der Waals surface area contributed by atoms with Crippen LogP contribution in [0.3, 0.4) is 0 Å². The first kappa shape index (κ1) is 19.3. The van der Waals surface area contributed by atoms with Crippen LogP contribution in [0.15, 0.2) is 88.8 Å². The largest absolute Gasteiger partial charge is 0.489 e. The molecule has 1 aliphatic rings. The minimum atomic E-state index is -0.155. The van der Waals surface area contributed by atoms with E-state index in [1.807, 2.05) is 84.9 Å². The molecule has 4 nitrogen and oxygen atoms in total. The van der Waals surface area contributed by atoms with Gasteiger partial charge in [0.15, 0.2) is 5.17 Å². The van der Waals surface area contributed by atoms with Crippen molar-refractivity contribution in [3.63, 3.8) is 0 Å². The zero-order valence-electron chi connectivity index (χ0n) is 15.3. The number of hydrogen-bond donors (Lipinski definition) is 1. The highest BCUT2D eigenvalue weighted by atomic mass is 35.5. The van der Waals surface area contributed by atoms with E-state index in [9.17, 15) is 4.79 Å². The number of amidine groups is 1. The van der Waals surface area contributed by atoms with Crippen molar-refractivity contribution in [1.82, 2.24) is 5.32 Å². The molecule has 0 aliphatic carbocycles. The first-order chi connectivity index (χ1) is 14.2. The van der Waals surface area contributed by atoms with Crippen molar-refractivity contribution in [3.05, 3.63) is 99.9 Å². The van der Waals surface area contributed by atoms with Gasteiger partial charge < -0.3 is 10.1 Å². The highest BCUT2D eigenvalue weighted by molar-refractivity contribution is 8.18. The van der Waals surface area contributed by atoms with Gasteiger partial charge in [0.05, 0.1) is 10.6 Å². The second-order valence-corrected chi connectivity index (χ2v) is 7.77. The lowest BCUT2D eigenvalue weighted by atomic mass is 10.2. The van der Waals surface area contributed by atoms with Crippen LogP contribution in [0, 0.1) is 0 Å². The fraction of sp³-hybridized carbons (Fsp3) is 0.0435. The summed E-state index contributed by atoms with van der Waals surface area (Å²) in [5.74, 6) is 0.577. The Morgan fingerprint density at radius 1 is 1.00 bits per heavy atom. The molecule has 0 saturated carbocycles. The van der Waals surface area contributed by atoms with Gasteiger partial charge in [-0.15, -0.1) is 0 Å². The summed E-state index contributed by atoms with van der Waals surface area (Å²) >= 11 is 7.23.